The molecular formula is C31H34N2O6. The highest BCUT2D eigenvalue weighted by Crippen LogP contribution is 2.36. The molecule has 0 unspecified atom stereocenters. The fraction of sp³-hybridized carbons (Fsp3) is 0.355. The number of ether oxygens (including phenoxy) is 3. The molecule has 2 N–H and O–H groups in total. The lowest BCUT2D eigenvalue weighted by Gasteiger charge is -2.36. The molecule has 1 saturated carbocycles. The van der Waals surface area contributed by atoms with E-state index in [0.717, 1.165) is 32.1 Å². The summed E-state index contributed by atoms with van der Waals surface area (Å²) in [4.78, 5) is 29.8. The summed E-state index contributed by atoms with van der Waals surface area (Å²) in [7, 11) is 0. The second kappa shape index (κ2) is 12.1. The van der Waals surface area contributed by atoms with Gasteiger partial charge in [0.05, 0.1) is 6.61 Å². The number of carbonyl (C=O) groups excluding carboxylic acids is 2. The Morgan fingerprint density at radius 2 is 1.74 bits per heavy atom. The molecule has 3 aromatic carbocycles. The van der Waals surface area contributed by atoms with E-state index in [0.29, 0.717) is 35.1 Å². The van der Waals surface area contributed by atoms with Crippen molar-refractivity contribution in [2.24, 2.45) is 0 Å². The first-order chi connectivity index (χ1) is 19.0. The Balaban J connectivity index is 1.56. The quantitative estimate of drug-likeness (QED) is 0.418. The minimum absolute atomic E-state index is 0.00401. The summed E-state index contributed by atoms with van der Waals surface area (Å²) in [6, 6.07) is 19.7. The summed E-state index contributed by atoms with van der Waals surface area (Å²) in [6.07, 6.45) is 4.10. The maximum Gasteiger partial charge on any atom is 0.272 e. The molecule has 39 heavy (non-hydrogen) atoms. The molecule has 204 valence electrons. The highest BCUT2D eigenvalue weighted by Gasteiger charge is 2.40. The van der Waals surface area contributed by atoms with Gasteiger partial charge in [-0.3, -0.25) is 14.5 Å². The zero-order valence-corrected chi connectivity index (χ0v) is 22.0. The van der Waals surface area contributed by atoms with E-state index in [9.17, 15) is 14.7 Å². The van der Waals surface area contributed by atoms with Gasteiger partial charge in [0, 0.05) is 17.8 Å². The van der Waals surface area contributed by atoms with E-state index in [1.807, 2.05) is 25.1 Å². The second-order valence-corrected chi connectivity index (χ2v) is 9.84. The molecule has 8 heteroatoms. The molecule has 2 amide bonds. The zero-order valence-electron chi connectivity index (χ0n) is 22.0. The van der Waals surface area contributed by atoms with E-state index in [2.05, 4.69) is 5.32 Å². The monoisotopic (exact) mass is 530 g/mol. The van der Waals surface area contributed by atoms with Crippen molar-refractivity contribution >= 4 is 17.5 Å². The Morgan fingerprint density at radius 1 is 1.00 bits per heavy atom. The molecule has 8 nitrogen and oxygen atoms in total. The lowest BCUT2D eigenvalue weighted by molar-refractivity contribution is -0.132. The first-order valence-corrected chi connectivity index (χ1v) is 13.6. The third kappa shape index (κ3) is 6.11. The number of nitrogens with one attached hydrogen (secondary N) is 1. The normalized spacial score (nSPS) is 17.6. The van der Waals surface area contributed by atoms with Crippen molar-refractivity contribution in [2.45, 2.75) is 57.2 Å². The van der Waals surface area contributed by atoms with Crippen LogP contribution in [0.2, 0.25) is 0 Å². The van der Waals surface area contributed by atoms with Gasteiger partial charge in [0.2, 0.25) is 12.0 Å². The molecule has 0 radical (unpaired) electrons. The van der Waals surface area contributed by atoms with Crippen molar-refractivity contribution < 1.29 is 28.9 Å². The molecule has 1 aliphatic carbocycles. The van der Waals surface area contributed by atoms with E-state index >= 15 is 0 Å². The third-order valence-corrected chi connectivity index (χ3v) is 7.10. The van der Waals surface area contributed by atoms with Crippen LogP contribution in [0.4, 0.5) is 5.69 Å². The van der Waals surface area contributed by atoms with Gasteiger partial charge < -0.3 is 24.6 Å². The van der Waals surface area contributed by atoms with E-state index < -0.39 is 18.1 Å². The van der Waals surface area contributed by atoms with Crippen molar-refractivity contribution in [3.8, 4) is 23.0 Å². The number of carbonyl (C=O) groups is 2. The summed E-state index contributed by atoms with van der Waals surface area (Å²) in [6.45, 7) is 2.35. The molecule has 5 rings (SSSR count). The number of phenolic OH excluding ortho intramolecular Hbond substituents is 1. The van der Waals surface area contributed by atoms with Crippen molar-refractivity contribution in [3.05, 3.63) is 78.4 Å². The zero-order chi connectivity index (χ0) is 27.2. The average Bonchev–Trinajstić information content (AvgIpc) is 2.96. The predicted octanol–water partition coefficient (Wildman–Crippen LogP) is 5.15. The molecule has 0 saturated heterocycles. The largest absolute Gasteiger partial charge is 0.508 e. The van der Waals surface area contributed by atoms with Crippen LogP contribution in [0, 0.1) is 0 Å². The molecule has 0 bridgehead atoms. The van der Waals surface area contributed by atoms with Crippen molar-refractivity contribution in [3.63, 3.8) is 0 Å². The van der Waals surface area contributed by atoms with E-state index in [4.69, 9.17) is 14.2 Å². The Morgan fingerprint density at radius 3 is 2.49 bits per heavy atom. The number of fused-ring (bicyclic) bond motifs is 1. The highest BCUT2D eigenvalue weighted by atomic mass is 16.6. The summed E-state index contributed by atoms with van der Waals surface area (Å²) < 4.78 is 17.7. The van der Waals surface area contributed by atoms with Crippen LogP contribution < -0.4 is 24.4 Å². The smallest absolute Gasteiger partial charge is 0.272 e. The van der Waals surface area contributed by atoms with Crippen molar-refractivity contribution in [1.29, 1.82) is 0 Å². The summed E-state index contributed by atoms with van der Waals surface area (Å²) in [5.74, 6) is 0.975. The van der Waals surface area contributed by atoms with Crippen LogP contribution >= 0.6 is 0 Å². The van der Waals surface area contributed by atoms with E-state index in [1.54, 1.807) is 42.5 Å². The average molecular weight is 531 g/mol. The number of rotatable bonds is 8. The standard InChI is InChI=1S/C31H34N2O6/c1-2-37-25-12-8-11-23(19-25)33(31(36)28-20-38-26-13-6-7-14-27(26)39-28)29(21-15-17-24(34)18-16-21)30(35)32-22-9-4-3-5-10-22/h6-8,11-19,22,28-29,34H,2-5,9-10,20H2,1H3,(H,32,35)/t28-,29+/m0/s1. The third-order valence-electron chi connectivity index (χ3n) is 7.10. The molecule has 1 heterocycles. The van der Waals surface area contributed by atoms with Crippen molar-refractivity contribution in [2.75, 3.05) is 18.1 Å². The van der Waals surface area contributed by atoms with Crippen LogP contribution in [0.25, 0.3) is 0 Å². The molecular weight excluding hydrogens is 496 g/mol. The molecule has 0 spiro atoms. The fourth-order valence-corrected chi connectivity index (χ4v) is 5.19. The van der Waals surface area contributed by atoms with Gasteiger partial charge >= 0.3 is 0 Å². The van der Waals surface area contributed by atoms with Gasteiger partial charge in [-0.05, 0) is 61.7 Å². The first kappa shape index (κ1) is 26.4. The van der Waals surface area contributed by atoms with Crippen LogP contribution in [-0.4, -0.2) is 42.3 Å². The van der Waals surface area contributed by atoms with Crippen LogP contribution in [0.3, 0.4) is 0 Å². The predicted molar refractivity (Wildman–Crippen MR) is 147 cm³/mol. The van der Waals surface area contributed by atoms with Crippen LogP contribution in [0.5, 0.6) is 23.0 Å². The number of aromatic hydroxyl groups is 1. The minimum atomic E-state index is -1.02. The lowest BCUT2D eigenvalue weighted by atomic mass is 9.94. The van der Waals surface area contributed by atoms with Crippen LogP contribution in [0.15, 0.2) is 72.8 Å². The van der Waals surface area contributed by atoms with E-state index in [-0.39, 0.29) is 24.3 Å². The minimum Gasteiger partial charge on any atom is -0.508 e. The first-order valence-electron chi connectivity index (χ1n) is 13.6. The van der Waals surface area contributed by atoms with E-state index in [1.165, 1.54) is 17.0 Å². The molecule has 1 aliphatic heterocycles. The number of benzene rings is 3. The van der Waals surface area contributed by atoms with Gasteiger partial charge in [-0.25, -0.2) is 0 Å². The Labute approximate surface area is 228 Å². The topological polar surface area (TPSA) is 97.3 Å². The van der Waals surface area contributed by atoms with Gasteiger partial charge in [-0.15, -0.1) is 0 Å². The van der Waals surface area contributed by atoms with Gasteiger partial charge in [-0.2, -0.15) is 0 Å². The molecule has 0 aromatic heterocycles. The number of hydrogen-bond acceptors (Lipinski definition) is 6. The molecule has 3 aromatic rings. The molecule has 1 fully saturated rings. The number of anilines is 1. The Hall–Kier alpha value is -4.20. The summed E-state index contributed by atoms with van der Waals surface area (Å²) in [5.41, 5.74) is 1.05. The number of phenols is 1. The van der Waals surface area contributed by atoms with Gasteiger partial charge in [0.25, 0.3) is 5.91 Å². The fourth-order valence-electron chi connectivity index (χ4n) is 5.19. The summed E-state index contributed by atoms with van der Waals surface area (Å²) >= 11 is 0. The number of amides is 2. The maximum atomic E-state index is 14.3. The lowest BCUT2D eigenvalue weighted by Crippen LogP contribution is -2.52. The molecule has 2 aliphatic rings. The highest BCUT2D eigenvalue weighted by molar-refractivity contribution is 6.03. The SMILES string of the molecule is CCOc1cccc(N(C(=O)[C@@H]2COc3ccccc3O2)[C@@H](C(=O)NC2CCCCC2)c2ccc(O)cc2)c1. The number of nitrogens with zero attached hydrogens (tertiary/aromatic N) is 1. The Kier molecular flexibility index (Phi) is 8.20. The summed E-state index contributed by atoms with van der Waals surface area (Å²) in [5, 5.41) is 13.2. The molecule has 2 atom stereocenters. The van der Waals surface area contributed by atoms with Crippen molar-refractivity contribution in [1.82, 2.24) is 5.32 Å². The van der Waals surface area contributed by atoms with Crippen LogP contribution in [0.1, 0.15) is 50.6 Å². The van der Waals surface area contributed by atoms with Gasteiger partial charge in [-0.1, -0.05) is 49.6 Å². The van der Waals surface area contributed by atoms with Gasteiger partial charge in [0.15, 0.2) is 11.5 Å². The number of para-hydroxylation sites is 2. The van der Waals surface area contributed by atoms with Crippen LogP contribution in [-0.2, 0) is 9.59 Å². The Bertz CT molecular complexity index is 1290. The second-order valence-electron chi connectivity index (χ2n) is 9.84. The number of hydrogen-bond donors (Lipinski definition) is 2. The maximum absolute atomic E-state index is 14.3. The van der Waals surface area contributed by atoms with Gasteiger partial charge in [0.1, 0.15) is 24.1 Å².